The number of rotatable bonds is 4. The minimum Gasteiger partial charge on any atom is -0.467 e. The van der Waals surface area contributed by atoms with Gasteiger partial charge in [0.25, 0.3) is 5.91 Å². The van der Waals surface area contributed by atoms with Gasteiger partial charge < -0.3 is 15.1 Å². The van der Waals surface area contributed by atoms with Gasteiger partial charge in [-0.3, -0.25) is 4.79 Å². The number of hydrogen-bond donors (Lipinski definition) is 1. The molecule has 0 atom stereocenters. The van der Waals surface area contributed by atoms with E-state index in [0.29, 0.717) is 17.1 Å². The highest BCUT2D eigenvalue weighted by Crippen LogP contribution is 2.10. The molecule has 0 bridgehead atoms. The van der Waals surface area contributed by atoms with Crippen molar-refractivity contribution >= 4 is 23.1 Å². The van der Waals surface area contributed by atoms with E-state index in [4.69, 9.17) is 22.4 Å². The van der Waals surface area contributed by atoms with Gasteiger partial charge in [-0.05, 0) is 24.3 Å². The van der Waals surface area contributed by atoms with Crippen LogP contribution in [0.4, 0.5) is 0 Å². The minimum atomic E-state index is -0.0779. The van der Waals surface area contributed by atoms with Crippen LogP contribution in [0.25, 0.3) is 0 Å². The van der Waals surface area contributed by atoms with Crippen LogP contribution in [-0.4, -0.2) is 22.8 Å². The van der Waals surface area contributed by atoms with Crippen LogP contribution in [0.1, 0.15) is 21.7 Å². The molecule has 0 aliphatic heterocycles. The van der Waals surface area contributed by atoms with Crippen molar-refractivity contribution in [1.29, 1.82) is 0 Å². The molecule has 1 amide bonds. The lowest BCUT2D eigenvalue weighted by molar-refractivity contribution is 0.0775. The first-order chi connectivity index (χ1) is 9.08. The van der Waals surface area contributed by atoms with E-state index in [-0.39, 0.29) is 5.91 Å². The van der Waals surface area contributed by atoms with Crippen molar-refractivity contribution in [2.24, 2.45) is 5.73 Å². The summed E-state index contributed by atoms with van der Waals surface area (Å²) in [6, 6.07) is 10.6. The molecular weight excluding hydrogens is 260 g/mol. The maximum absolute atomic E-state index is 12.2. The van der Waals surface area contributed by atoms with E-state index in [1.165, 1.54) is 0 Å². The van der Waals surface area contributed by atoms with Gasteiger partial charge in [0.05, 0.1) is 12.8 Å². The average molecular weight is 274 g/mol. The molecule has 1 aromatic carbocycles. The van der Waals surface area contributed by atoms with Crippen molar-refractivity contribution in [2.75, 3.05) is 7.05 Å². The van der Waals surface area contributed by atoms with Crippen LogP contribution < -0.4 is 5.73 Å². The molecule has 2 rings (SSSR count). The Morgan fingerprint density at radius 3 is 2.42 bits per heavy atom. The lowest BCUT2D eigenvalue weighted by atomic mass is 10.1. The molecule has 0 radical (unpaired) electrons. The van der Waals surface area contributed by atoms with Crippen LogP contribution in [0.15, 0.2) is 47.1 Å². The molecule has 98 valence electrons. The zero-order valence-electron chi connectivity index (χ0n) is 10.5. The van der Waals surface area contributed by atoms with Crippen LogP contribution in [0, 0.1) is 0 Å². The Hall–Kier alpha value is -2.14. The van der Waals surface area contributed by atoms with Crippen molar-refractivity contribution in [1.82, 2.24) is 4.90 Å². The summed E-state index contributed by atoms with van der Waals surface area (Å²) in [6.07, 6.45) is 1.59. The number of amides is 1. The van der Waals surface area contributed by atoms with Gasteiger partial charge in [0.1, 0.15) is 10.7 Å². The van der Waals surface area contributed by atoms with Gasteiger partial charge in [-0.25, -0.2) is 0 Å². The van der Waals surface area contributed by atoms with Crippen molar-refractivity contribution in [2.45, 2.75) is 6.54 Å². The fraction of sp³-hybridized carbons (Fsp3) is 0.143. The first kappa shape index (κ1) is 13.3. The largest absolute Gasteiger partial charge is 0.467 e. The van der Waals surface area contributed by atoms with Gasteiger partial charge in [-0.15, -0.1) is 0 Å². The summed E-state index contributed by atoms with van der Waals surface area (Å²) >= 11 is 4.87. The topological polar surface area (TPSA) is 59.5 Å². The Morgan fingerprint density at radius 1 is 1.26 bits per heavy atom. The number of nitrogens with two attached hydrogens (primary N) is 1. The van der Waals surface area contributed by atoms with E-state index in [2.05, 4.69) is 0 Å². The lowest BCUT2D eigenvalue weighted by Crippen LogP contribution is -2.26. The van der Waals surface area contributed by atoms with Gasteiger partial charge in [0.2, 0.25) is 0 Å². The zero-order valence-corrected chi connectivity index (χ0v) is 11.3. The monoisotopic (exact) mass is 274 g/mol. The van der Waals surface area contributed by atoms with Crippen molar-refractivity contribution in [3.05, 3.63) is 59.5 Å². The fourth-order valence-corrected chi connectivity index (χ4v) is 1.84. The van der Waals surface area contributed by atoms with Gasteiger partial charge in [-0.1, -0.05) is 24.4 Å². The second kappa shape index (κ2) is 5.67. The molecule has 1 heterocycles. The summed E-state index contributed by atoms with van der Waals surface area (Å²) in [4.78, 5) is 14.1. The van der Waals surface area contributed by atoms with Crippen LogP contribution in [0.5, 0.6) is 0 Å². The number of benzene rings is 1. The molecule has 0 spiro atoms. The first-order valence-electron chi connectivity index (χ1n) is 5.75. The summed E-state index contributed by atoms with van der Waals surface area (Å²) in [7, 11) is 1.73. The molecule has 1 aromatic heterocycles. The molecule has 0 fully saturated rings. The number of nitrogens with zero attached hydrogens (tertiary/aromatic N) is 1. The zero-order chi connectivity index (χ0) is 13.8. The molecule has 2 aromatic rings. The molecule has 5 heteroatoms. The molecule has 19 heavy (non-hydrogen) atoms. The van der Waals surface area contributed by atoms with Gasteiger partial charge >= 0.3 is 0 Å². The normalized spacial score (nSPS) is 10.2. The number of thiocarbonyl (C=S) groups is 1. The molecule has 0 saturated carbocycles. The van der Waals surface area contributed by atoms with Gasteiger partial charge in [0, 0.05) is 18.2 Å². The fourth-order valence-electron chi connectivity index (χ4n) is 1.71. The molecule has 2 N–H and O–H groups in total. The Morgan fingerprint density at radius 2 is 1.89 bits per heavy atom. The highest BCUT2D eigenvalue weighted by molar-refractivity contribution is 7.80. The van der Waals surface area contributed by atoms with Gasteiger partial charge in [-0.2, -0.15) is 0 Å². The van der Waals surface area contributed by atoms with E-state index >= 15 is 0 Å². The third-order valence-electron chi connectivity index (χ3n) is 2.74. The molecule has 0 aliphatic carbocycles. The van der Waals surface area contributed by atoms with E-state index in [1.807, 2.05) is 6.07 Å². The quantitative estimate of drug-likeness (QED) is 0.868. The highest BCUT2D eigenvalue weighted by atomic mass is 32.1. The van der Waals surface area contributed by atoms with Crippen LogP contribution in [0.3, 0.4) is 0 Å². The molecule has 0 saturated heterocycles. The summed E-state index contributed by atoms with van der Waals surface area (Å²) in [5.41, 5.74) is 6.86. The van der Waals surface area contributed by atoms with Crippen LogP contribution in [-0.2, 0) is 6.54 Å². The lowest BCUT2D eigenvalue weighted by Gasteiger charge is -2.15. The maximum Gasteiger partial charge on any atom is 0.254 e. The molecule has 4 nitrogen and oxygen atoms in total. The van der Waals surface area contributed by atoms with Crippen molar-refractivity contribution in [3.8, 4) is 0 Å². The third-order valence-corrected chi connectivity index (χ3v) is 2.97. The number of hydrogen-bond acceptors (Lipinski definition) is 3. The Balaban J connectivity index is 2.08. The van der Waals surface area contributed by atoms with Crippen LogP contribution in [0.2, 0.25) is 0 Å². The number of furan rings is 1. The van der Waals surface area contributed by atoms with Gasteiger partial charge in [0.15, 0.2) is 0 Å². The molecule has 0 aliphatic rings. The van der Waals surface area contributed by atoms with E-state index in [9.17, 15) is 4.79 Å². The second-order valence-corrected chi connectivity index (χ2v) is 4.62. The minimum absolute atomic E-state index is 0.0779. The summed E-state index contributed by atoms with van der Waals surface area (Å²) in [5.74, 6) is 0.668. The predicted molar refractivity (Wildman–Crippen MR) is 76.8 cm³/mol. The Bertz CT molecular complexity index is 576. The van der Waals surface area contributed by atoms with Crippen molar-refractivity contribution < 1.29 is 9.21 Å². The average Bonchev–Trinajstić information content (AvgIpc) is 2.90. The van der Waals surface area contributed by atoms with Crippen LogP contribution >= 0.6 is 12.2 Å². The van der Waals surface area contributed by atoms with E-state index < -0.39 is 0 Å². The maximum atomic E-state index is 12.2. The predicted octanol–water partition coefficient (Wildman–Crippen LogP) is 2.19. The summed E-state index contributed by atoms with van der Waals surface area (Å²) in [5, 5.41) is 0. The van der Waals surface area contributed by atoms with E-state index in [1.54, 1.807) is 48.5 Å². The third kappa shape index (κ3) is 3.20. The smallest absolute Gasteiger partial charge is 0.254 e. The Kier molecular flexibility index (Phi) is 3.97. The number of carbonyl (C=O) groups is 1. The molecular formula is C14H14N2O2S. The van der Waals surface area contributed by atoms with E-state index in [0.717, 1.165) is 11.3 Å². The molecule has 0 unspecified atom stereocenters. The second-order valence-electron chi connectivity index (χ2n) is 4.18. The van der Waals surface area contributed by atoms with Crippen molar-refractivity contribution in [3.63, 3.8) is 0 Å². The Labute approximate surface area is 116 Å². The number of carbonyl (C=O) groups excluding carboxylic acids is 1. The first-order valence-corrected chi connectivity index (χ1v) is 6.16. The summed E-state index contributed by atoms with van der Waals surface area (Å²) < 4.78 is 5.21. The summed E-state index contributed by atoms with van der Waals surface area (Å²) in [6.45, 7) is 0.433. The highest BCUT2D eigenvalue weighted by Gasteiger charge is 2.13. The SMILES string of the molecule is CN(Cc1ccco1)C(=O)c1ccc(C(N)=S)cc1. The standard InChI is InChI=1S/C14H14N2O2S/c1-16(9-12-3-2-8-18-12)14(17)11-6-4-10(5-7-11)13(15)19/h2-8H,9H2,1H3,(H2,15,19).